The smallest absolute Gasteiger partial charge is 0.136 e. The van der Waals surface area contributed by atoms with Crippen LogP contribution in [-0.2, 0) is 0 Å². The summed E-state index contributed by atoms with van der Waals surface area (Å²) in [7, 11) is 0. The summed E-state index contributed by atoms with van der Waals surface area (Å²) >= 11 is 0. The Kier molecular flexibility index (Phi) is 2.29. The highest BCUT2D eigenvalue weighted by atomic mass is 19.1. The summed E-state index contributed by atoms with van der Waals surface area (Å²) in [5.41, 5.74) is 0. The fraction of sp³-hybridized carbons (Fsp3) is 0.250. The minimum Gasteiger partial charge on any atom is -0.306 e. The van der Waals surface area contributed by atoms with E-state index in [1.165, 1.54) is 6.08 Å². The summed E-state index contributed by atoms with van der Waals surface area (Å²) in [6.45, 7) is 1.54. The fourth-order valence-corrected chi connectivity index (χ4v) is 0.0833. The van der Waals surface area contributed by atoms with Crippen LogP contribution in [0, 0.1) is 5.41 Å². The standard InChI is InChI=1S/C4H6FN/c1-2-4(5)3-6/h2-3,6H,1H3/b4-2+,6-3?. The molecule has 0 aliphatic rings. The van der Waals surface area contributed by atoms with Crippen LogP contribution in [0.5, 0.6) is 0 Å². The van der Waals surface area contributed by atoms with Crippen molar-refractivity contribution >= 4 is 6.21 Å². The summed E-state index contributed by atoms with van der Waals surface area (Å²) in [5, 5.41) is 6.24. The number of nitrogens with one attached hydrogen (secondary N) is 1. The summed E-state index contributed by atoms with van der Waals surface area (Å²) in [5.74, 6) is -0.491. The van der Waals surface area contributed by atoms with E-state index in [2.05, 4.69) is 0 Å². The molecule has 1 N–H and O–H groups in total. The zero-order chi connectivity index (χ0) is 4.99. The molecule has 0 rings (SSSR count). The topological polar surface area (TPSA) is 23.9 Å². The largest absolute Gasteiger partial charge is 0.306 e. The number of hydrogen-bond acceptors (Lipinski definition) is 1. The van der Waals surface area contributed by atoms with Gasteiger partial charge in [-0.1, -0.05) is 6.08 Å². The minimum absolute atomic E-state index is 0.491. The molecule has 0 fully saturated rings. The lowest BCUT2D eigenvalue weighted by molar-refractivity contribution is 0.683. The highest BCUT2D eigenvalue weighted by Crippen LogP contribution is 1.85. The molecule has 6 heavy (non-hydrogen) atoms. The normalized spacial score (nSPS) is 11.3. The van der Waals surface area contributed by atoms with Crippen LogP contribution in [0.3, 0.4) is 0 Å². The number of hydrogen-bond donors (Lipinski definition) is 1. The molecule has 0 radical (unpaired) electrons. The Balaban J connectivity index is 3.50. The quantitative estimate of drug-likeness (QED) is 0.469. The van der Waals surface area contributed by atoms with Crippen molar-refractivity contribution in [2.45, 2.75) is 6.92 Å². The lowest BCUT2D eigenvalue weighted by atomic mass is 10.5. The zero-order valence-corrected chi connectivity index (χ0v) is 3.53. The maximum Gasteiger partial charge on any atom is 0.136 e. The number of halogens is 1. The molecule has 0 atom stereocenters. The molecule has 0 heterocycles. The molecule has 0 unspecified atom stereocenters. The Hall–Kier alpha value is -0.660. The van der Waals surface area contributed by atoms with Crippen molar-refractivity contribution in [1.29, 1.82) is 5.41 Å². The predicted octanol–water partition coefficient (Wildman–Crippen LogP) is 1.51. The Morgan fingerprint density at radius 1 is 1.83 bits per heavy atom. The van der Waals surface area contributed by atoms with E-state index in [1.54, 1.807) is 6.92 Å². The van der Waals surface area contributed by atoms with E-state index in [0.717, 1.165) is 0 Å². The average molecular weight is 87.1 g/mol. The van der Waals surface area contributed by atoms with Crippen LogP contribution in [0.2, 0.25) is 0 Å². The Labute approximate surface area is 36.0 Å². The van der Waals surface area contributed by atoms with Gasteiger partial charge in [0.15, 0.2) is 0 Å². The minimum atomic E-state index is -0.491. The first-order chi connectivity index (χ1) is 2.81. The molecule has 0 aromatic rings. The van der Waals surface area contributed by atoms with Crippen molar-refractivity contribution in [2.75, 3.05) is 0 Å². The van der Waals surface area contributed by atoms with E-state index < -0.39 is 5.83 Å². The van der Waals surface area contributed by atoms with Gasteiger partial charge >= 0.3 is 0 Å². The van der Waals surface area contributed by atoms with Crippen molar-refractivity contribution < 1.29 is 4.39 Å². The van der Waals surface area contributed by atoms with E-state index >= 15 is 0 Å². The Bertz CT molecular complexity index is 75.6. The monoisotopic (exact) mass is 87.0 g/mol. The summed E-state index contributed by atoms with van der Waals surface area (Å²) in [6.07, 6.45) is 1.90. The highest BCUT2D eigenvalue weighted by molar-refractivity contribution is 5.72. The van der Waals surface area contributed by atoms with Gasteiger partial charge in [-0.15, -0.1) is 0 Å². The van der Waals surface area contributed by atoms with Crippen LogP contribution in [0.4, 0.5) is 4.39 Å². The molecule has 1 nitrogen and oxygen atoms in total. The first-order valence-corrected chi connectivity index (χ1v) is 1.63. The molecule has 0 spiro atoms. The molecule has 0 aliphatic heterocycles. The van der Waals surface area contributed by atoms with Crippen molar-refractivity contribution in [3.63, 3.8) is 0 Å². The first kappa shape index (κ1) is 5.34. The molecule has 0 saturated heterocycles. The maximum atomic E-state index is 11.5. The van der Waals surface area contributed by atoms with Gasteiger partial charge in [0.05, 0.1) is 6.21 Å². The van der Waals surface area contributed by atoms with Crippen LogP contribution < -0.4 is 0 Å². The maximum absolute atomic E-state index is 11.5. The number of allylic oxidation sites excluding steroid dienone is 2. The van der Waals surface area contributed by atoms with Crippen LogP contribution in [0.25, 0.3) is 0 Å². The van der Waals surface area contributed by atoms with Crippen LogP contribution in [0.1, 0.15) is 6.92 Å². The Morgan fingerprint density at radius 3 is 2.33 bits per heavy atom. The van der Waals surface area contributed by atoms with Gasteiger partial charge in [-0.2, -0.15) is 0 Å². The van der Waals surface area contributed by atoms with Crippen LogP contribution in [-0.4, -0.2) is 6.21 Å². The van der Waals surface area contributed by atoms with E-state index in [-0.39, 0.29) is 0 Å². The lowest BCUT2D eigenvalue weighted by Crippen LogP contribution is -1.65. The third-order valence-corrected chi connectivity index (χ3v) is 0.414. The van der Waals surface area contributed by atoms with E-state index in [0.29, 0.717) is 6.21 Å². The second-order valence-electron chi connectivity index (χ2n) is 0.818. The lowest BCUT2D eigenvalue weighted by Gasteiger charge is -1.71. The number of rotatable bonds is 1. The zero-order valence-electron chi connectivity index (χ0n) is 3.53. The third-order valence-electron chi connectivity index (χ3n) is 0.414. The van der Waals surface area contributed by atoms with Gasteiger partial charge in [0.2, 0.25) is 0 Å². The highest BCUT2D eigenvalue weighted by Gasteiger charge is 1.75. The summed E-state index contributed by atoms with van der Waals surface area (Å²) < 4.78 is 11.5. The van der Waals surface area contributed by atoms with Crippen molar-refractivity contribution in [3.8, 4) is 0 Å². The van der Waals surface area contributed by atoms with Crippen molar-refractivity contribution in [2.24, 2.45) is 0 Å². The Morgan fingerprint density at radius 2 is 2.33 bits per heavy atom. The summed E-state index contributed by atoms with van der Waals surface area (Å²) in [6, 6.07) is 0. The SMILES string of the molecule is C/C=C(/F)C=N. The second-order valence-corrected chi connectivity index (χ2v) is 0.818. The van der Waals surface area contributed by atoms with E-state index in [9.17, 15) is 4.39 Å². The van der Waals surface area contributed by atoms with Gasteiger partial charge in [0, 0.05) is 0 Å². The van der Waals surface area contributed by atoms with E-state index in [1.807, 2.05) is 0 Å². The van der Waals surface area contributed by atoms with Gasteiger partial charge < -0.3 is 5.41 Å². The molecule has 34 valence electrons. The molecular weight excluding hydrogens is 81.0 g/mol. The predicted molar refractivity (Wildman–Crippen MR) is 23.6 cm³/mol. The van der Waals surface area contributed by atoms with Crippen LogP contribution >= 0.6 is 0 Å². The van der Waals surface area contributed by atoms with Gasteiger partial charge in [-0.25, -0.2) is 4.39 Å². The van der Waals surface area contributed by atoms with Gasteiger partial charge in [-0.05, 0) is 6.92 Å². The van der Waals surface area contributed by atoms with Crippen LogP contribution in [0.15, 0.2) is 11.9 Å². The van der Waals surface area contributed by atoms with Crippen molar-refractivity contribution in [3.05, 3.63) is 11.9 Å². The molecule has 0 bridgehead atoms. The molecular formula is C4H6FN. The van der Waals surface area contributed by atoms with E-state index in [4.69, 9.17) is 5.41 Å². The molecule has 2 heteroatoms. The molecule has 0 saturated carbocycles. The molecule has 0 aliphatic carbocycles. The molecule has 0 aromatic carbocycles. The van der Waals surface area contributed by atoms with Crippen molar-refractivity contribution in [1.82, 2.24) is 0 Å². The summed E-state index contributed by atoms with van der Waals surface area (Å²) in [4.78, 5) is 0. The van der Waals surface area contributed by atoms with Gasteiger partial charge in [0.25, 0.3) is 0 Å². The first-order valence-electron chi connectivity index (χ1n) is 1.63. The van der Waals surface area contributed by atoms with Gasteiger partial charge in [-0.3, -0.25) is 0 Å². The molecule has 0 amide bonds. The average Bonchev–Trinajstić information content (AvgIpc) is 1.65. The molecule has 0 aromatic heterocycles. The third kappa shape index (κ3) is 1.64. The second kappa shape index (κ2) is 2.57. The fourth-order valence-electron chi connectivity index (χ4n) is 0.0833. The van der Waals surface area contributed by atoms with Gasteiger partial charge in [0.1, 0.15) is 5.83 Å².